The first-order chi connectivity index (χ1) is 13.7. The summed E-state index contributed by atoms with van der Waals surface area (Å²) >= 11 is 6.17. The summed E-state index contributed by atoms with van der Waals surface area (Å²) in [6.45, 7) is 3.68. The van der Waals surface area contributed by atoms with E-state index >= 15 is 0 Å². The number of fused-ring (bicyclic) bond motifs is 4. The van der Waals surface area contributed by atoms with Gasteiger partial charge in [0.05, 0.1) is 11.8 Å². The van der Waals surface area contributed by atoms with Gasteiger partial charge in [0, 0.05) is 34.8 Å². The average Bonchev–Trinajstić information content (AvgIpc) is 3.25. The molecule has 5 atom stereocenters. The first-order valence-corrected chi connectivity index (χ1v) is 10.1. The molecule has 9 heteroatoms. The van der Waals surface area contributed by atoms with Gasteiger partial charge >= 0.3 is 5.97 Å². The second-order valence-electron chi connectivity index (χ2n) is 7.94. The van der Waals surface area contributed by atoms with E-state index in [9.17, 15) is 19.2 Å². The van der Waals surface area contributed by atoms with Gasteiger partial charge in [0.2, 0.25) is 17.7 Å². The monoisotopic (exact) mass is 419 g/mol. The van der Waals surface area contributed by atoms with E-state index in [1.165, 1.54) is 4.90 Å². The Morgan fingerprint density at radius 3 is 2.69 bits per heavy atom. The lowest BCUT2D eigenvalue weighted by Crippen LogP contribution is -2.54. The van der Waals surface area contributed by atoms with E-state index in [0.717, 1.165) is 0 Å². The molecule has 4 rings (SSSR count). The van der Waals surface area contributed by atoms with Crippen LogP contribution in [0.3, 0.4) is 0 Å². The van der Waals surface area contributed by atoms with E-state index in [4.69, 9.17) is 16.7 Å². The minimum atomic E-state index is -1.44. The van der Waals surface area contributed by atoms with Crippen molar-refractivity contribution in [3.05, 3.63) is 28.8 Å². The van der Waals surface area contributed by atoms with Gasteiger partial charge in [-0.3, -0.25) is 29.4 Å². The number of nitrogens with zero attached hydrogens (tertiary/aromatic N) is 1. The largest absolute Gasteiger partial charge is 0.481 e. The van der Waals surface area contributed by atoms with E-state index in [1.807, 2.05) is 6.92 Å². The summed E-state index contributed by atoms with van der Waals surface area (Å²) in [6, 6.07) is 4.01. The number of rotatable bonds is 5. The van der Waals surface area contributed by atoms with Crippen LogP contribution in [0.5, 0.6) is 0 Å². The summed E-state index contributed by atoms with van der Waals surface area (Å²) in [4.78, 5) is 52.2. The lowest BCUT2D eigenvalue weighted by molar-refractivity contribution is -0.145. The molecule has 1 spiro atoms. The van der Waals surface area contributed by atoms with Gasteiger partial charge in [-0.1, -0.05) is 18.5 Å². The van der Waals surface area contributed by atoms with Gasteiger partial charge in [-0.15, -0.1) is 0 Å². The average molecular weight is 420 g/mol. The summed E-state index contributed by atoms with van der Waals surface area (Å²) in [5, 5.41) is 15.5. The van der Waals surface area contributed by atoms with Crippen molar-refractivity contribution < 1.29 is 24.3 Å². The molecule has 0 radical (unpaired) electrons. The van der Waals surface area contributed by atoms with Crippen LogP contribution >= 0.6 is 11.6 Å². The molecule has 3 aliphatic rings. The second kappa shape index (κ2) is 6.81. The number of halogens is 1. The van der Waals surface area contributed by atoms with Crippen molar-refractivity contribution in [2.45, 2.75) is 50.7 Å². The molecule has 29 heavy (non-hydrogen) atoms. The lowest BCUT2D eigenvalue weighted by Gasteiger charge is -2.31. The Hall–Kier alpha value is -2.45. The fourth-order valence-corrected chi connectivity index (χ4v) is 5.11. The van der Waals surface area contributed by atoms with Crippen LogP contribution < -0.4 is 10.6 Å². The second-order valence-corrected chi connectivity index (χ2v) is 8.38. The third kappa shape index (κ3) is 2.69. The number of benzene rings is 1. The number of carbonyl (C=O) groups excluding carboxylic acids is 3. The first-order valence-electron chi connectivity index (χ1n) is 9.70. The predicted octanol–water partition coefficient (Wildman–Crippen LogP) is 1.72. The van der Waals surface area contributed by atoms with Crippen LogP contribution in [0.1, 0.15) is 38.7 Å². The third-order valence-electron chi connectivity index (χ3n) is 6.41. The van der Waals surface area contributed by atoms with Crippen molar-refractivity contribution in [3.63, 3.8) is 0 Å². The number of carboxylic acid groups (broad SMARTS) is 1. The van der Waals surface area contributed by atoms with E-state index in [1.54, 1.807) is 25.1 Å². The summed E-state index contributed by atoms with van der Waals surface area (Å²) in [6.07, 6.45) is 0.548. The maximum absolute atomic E-state index is 13.4. The molecule has 2 saturated heterocycles. The molecular formula is C20H22ClN3O5. The number of hydrogen-bond acceptors (Lipinski definition) is 5. The molecule has 1 aromatic carbocycles. The highest BCUT2D eigenvalue weighted by atomic mass is 35.5. The van der Waals surface area contributed by atoms with Gasteiger partial charge in [0.1, 0.15) is 5.54 Å². The molecule has 3 heterocycles. The van der Waals surface area contributed by atoms with Crippen molar-refractivity contribution in [2.24, 2.45) is 11.8 Å². The highest BCUT2D eigenvalue weighted by molar-refractivity contribution is 6.31. The van der Waals surface area contributed by atoms with Gasteiger partial charge in [-0.25, -0.2) is 0 Å². The lowest BCUT2D eigenvalue weighted by atomic mass is 9.76. The predicted molar refractivity (Wildman–Crippen MR) is 104 cm³/mol. The Morgan fingerprint density at radius 1 is 1.31 bits per heavy atom. The molecule has 0 aromatic heterocycles. The third-order valence-corrected chi connectivity index (χ3v) is 6.65. The minimum Gasteiger partial charge on any atom is -0.481 e. The molecule has 154 valence electrons. The molecule has 3 N–H and O–H groups in total. The molecule has 0 aliphatic carbocycles. The number of aliphatic carboxylic acids is 1. The molecule has 2 fully saturated rings. The summed E-state index contributed by atoms with van der Waals surface area (Å²) < 4.78 is 0. The standard InChI is InChI=1S/C20H22ClN3O5/c1-3-9(2)24-17(27)15-13(6-7-14(25)26)23-20(16(15)18(24)28)11-8-10(21)4-5-12(11)22-19(20)29/h4-5,8-9,13,15-16,23H,3,6-7H2,1-2H3,(H,22,29)(H,25,26)/t9-,13+,15+,16+,20-/m1/s1. The fourth-order valence-electron chi connectivity index (χ4n) is 4.94. The van der Waals surface area contributed by atoms with Gasteiger partial charge in [-0.2, -0.15) is 0 Å². The number of hydrogen-bond donors (Lipinski definition) is 3. The molecule has 8 nitrogen and oxygen atoms in total. The van der Waals surface area contributed by atoms with Crippen LogP contribution in [0.4, 0.5) is 5.69 Å². The van der Waals surface area contributed by atoms with E-state index in [2.05, 4.69) is 10.6 Å². The molecule has 3 aliphatic heterocycles. The zero-order valence-electron chi connectivity index (χ0n) is 16.1. The summed E-state index contributed by atoms with van der Waals surface area (Å²) in [5.41, 5.74) is -0.384. The van der Waals surface area contributed by atoms with Crippen LogP contribution in [0.2, 0.25) is 5.02 Å². The first kappa shape index (κ1) is 19.8. The smallest absolute Gasteiger partial charge is 0.303 e. The number of carbonyl (C=O) groups is 4. The Kier molecular flexibility index (Phi) is 4.66. The highest BCUT2D eigenvalue weighted by Gasteiger charge is 2.70. The number of imide groups is 1. The summed E-state index contributed by atoms with van der Waals surface area (Å²) in [7, 11) is 0. The van der Waals surface area contributed by atoms with Crippen LogP contribution in [-0.4, -0.2) is 45.8 Å². The summed E-state index contributed by atoms with van der Waals surface area (Å²) in [5.74, 6) is -3.91. The quantitative estimate of drug-likeness (QED) is 0.626. The Labute approximate surface area is 172 Å². The van der Waals surface area contributed by atoms with Gasteiger partial charge < -0.3 is 10.4 Å². The molecular weight excluding hydrogens is 398 g/mol. The van der Waals surface area contributed by atoms with E-state index in [0.29, 0.717) is 22.7 Å². The number of anilines is 1. The van der Waals surface area contributed by atoms with Crippen LogP contribution in [0.25, 0.3) is 0 Å². The molecule has 1 aromatic rings. The molecule has 3 amide bonds. The van der Waals surface area contributed by atoms with Gasteiger partial charge in [-0.05, 0) is 38.0 Å². The minimum absolute atomic E-state index is 0.134. The van der Waals surface area contributed by atoms with Crippen molar-refractivity contribution in [2.75, 3.05) is 5.32 Å². The Morgan fingerprint density at radius 2 is 2.03 bits per heavy atom. The number of nitrogens with one attached hydrogen (secondary N) is 2. The number of likely N-dealkylation sites (tertiary alicyclic amines) is 1. The Bertz CT molecular complexity index is 935. The molecule has 0 unspecified atom stereocenters. The highest BCUT2D eigenvalue weighted by Crippen LogP contribution is 2.54. The van der Waals surface area contributed by atoms with Crippen LogP contribution in [-0.2, 0) is 24.7 Å². The normalized spacial score (nSPS) is 31.2. The fraction of sp³-hybridized carbons (Fsp3) is 0.500. The zero-order valence-corrected chi connectivity index (χ0v) is 16.8. The maximum atomic E-state index is 13.4. The van der Waals surface area contributed by atoms with Gasteiger partial charge in [0.25, 0.3) is 0 Å². The van der Waals surface area contributed by atoms with E-state index in [-0.39, 0.29) is 24.8 Å². The van der Waals surface area contributed by atoms with Crippen molar-refractivity contribution in [1.82, 2.24) is 10.2 Å². The number of amides is 3. The zero-order chi connectivity index (χ0) is 21.1. The molecule has 0 bridgehead atoms. The SMILES string of the molecule is CC[C@@H](C)N1C(=O)[C@H]2[C@H](CCC(=O)O)N[C@@]3(C(=O)Nc4ccc(Cl)cc43)[C@@H]2C1=O. The van der Waals surface area contributed by atoms with Gasteiger partial charge in [0.15, 0.2) is 0 Å². The van der Waals surface area contributed by atoms with Crippen LogP contribution in [0, 0.1) is 11.8 Å². The maximum Gasteiger partial charge on any atom is 0.303 e. The number of carboxylic acids is 1. The molecule has 0 saturated carbocycles. The Balaban J connectivity index is 1.85. The van der Waals surface area contributed by atoms with Crippen LogP contribution in [0.15, 0.2) is 18.2 Å². The van der Waals surface area contributed by atoms with Crippen molar-refractivity contribution in [1.29, 1.82) is 0 Å². The van der Waals surface area contributed by atoms with E-state index < -0.39 is 41.2 Å². The van der Waals surface area contributed by atoms with Crippen molar-refractivity contribution >= 4 is 41.0 Å². The van der Waals surface area contributed by atoms with Crippen molar-refractivity contribution in [3.8, 4) is 0 Å². The topological polar surface area (TPSA) is 116 Å².